The Bertz CT molecular complexity index is 548. The van der Waals surface area contributed by atoms with E-state index in [1.54, 1.807) is 24.0 Å². The Hall–Kier alpha value is -1.30. The summed E-state index contributed by atoms with van der Waals surface area (Å²) in [6.45, 7) is 10.3. The highest BCUT2D eigenvalue weighted by atomic mass is 16.5. The normalized spacial score (nSPS) is 33.0. The Morgan fingerprint density at radius 3 is 2.32 bits per heavy atom. The molecule has 3 atom stereocenters. The second-order valence-electron chi connectivity index (χ2n) is 7.70. The van der Waals surface area contributed by atoms with Gasteiger partial charge in [-0.15, -0.1) is 0 Å². The molecule has 0 amide bonds. The quantitative estimate of drug-likeness (QED) is 0.781. The summed E-state index contributed by atoms with van der Waals surface area (Å²) in [6.07, 6.45) is 3.41. The molecule has 25 heavy (non-hydrogen) atoms. The van der Waals surface area contributed by atoms with Crippen LogP contribution in [0.15, 0.2) is 18.2 Å². The fourth-order valence-corrected chi connectivity index (χ4v) is 4.53. The summed E-state index contributed by atoms with van der Waals surface area (Å²) in [7, 11) is 3.43. The minimum atomic E-state index is 0.396. The number of ether oxygens (including phenoxy) is 3. The third-order valence-electron chi connectivity index (χ3n) is 5.77. The number of quaternary nitrogens is 2. The van der Waals surface area contributed by atoms with Crippen LogP contribution in [0.5, 0.6) is 11.5 Å². The molecule has 5 nitrogen and oxygen atoms in total. The van der Waals surface area contributed by atoms with Gasteiger partial charge in [0.1, 0.15) is 43.3 Å². The first-order valence-corrected chi connectivity index (χ1v) is 9.63. The van der Waals surface area contributed by atoms with Crippen molar-refractivity contribution in [2.24, 2.45) is 0 Å². The van der Waals surface area contributed by atoms with Crippen molar-refractivity contribution in [3.05, 3.63) is 23.8 Å². The highest BCUT2D eigenvalue weighted by Gasteiger charge is 2.35. The van der Waals surface area contributed by atoms with Crippen LogP contribution in [0.2, 0.25) is 0 Å². The fraction of sp³-hybridized carbons (Fsp3) is 0.700. The predicted molar refractivity (Wildman–Crippen MR) is 97.7 cm³/mol. The number of methoxy groups -OCH3 is 2. The van der Waals surface area contributed by atoms with Crippen LogP contribution < -0.4 is 19.3 Å². The summed E-state index contributed by atoms with van der Waals surface area (Å²) in [6, 6.07) is 6.97. The van der Waals surface area contributed by atoms with E-state index in [0.29, 0.717) is 12.2 Å². The van der Waals surface area contributed by atoms with E-state index in [4.69, 9.17) is 14.2 Å². The maximum atomic E-state index is 5.90. The second-order valence-corrected chi connectivity index (χ2v) is 7.70. The van der Waals surface area contributed by atoms with Gasteiger partial charge in [-0.2, -0.15) is 0 Å². The van der Waals surface area contributed by atoms with Crippen LogP contribution in [-0.2, 0) is 11.3 Å². The van der Waals surface area contributed by atoms with Crippen molar-refractivity contribution in [1.29, 1.82) is 0 Å². The van der Waals surface area contributed by atoms with Gasteiger partial charge in [0.2, 0.25) is 0 Å². The molecular weight excluding hydrogens is 316 g/mol. The predicted octanol–water partition coefficient (Wildman–Crippen LogP) is -0.0568. The average molecular weight is 351 g/mol. The number of hydrogen-bond donors (Lipinski definition) is 2. The van der Waals surface area contributed by atoms with E-state index in [1.807, 2.05) is 12.1 Å². The largest absolute Gasteiger partial charge is 0.497 e. The van der Waals surface area contributed by atoms with Crippen molar-refractivity contribution in [3.63, 3.8) is 0 Å². The Labute approximate surface area is 151 Å². The first-order chi connectivity index (χ1) is 12.1. The molecule has 0 saturated carbocycles. The van der Waals surface area contributed by atoms with Crippen molar-refractivity contribution in [1.82, 2.24) is 0 Å². The van der Waals surface area contributed by atoms with Gasteiger partial charge in [-0.25, -0.2) is 0 Å². The molecule has 2 fully saturated rings. The van der Waals surface area contributed by atoms with Gasteiger partial charge in [-0.3, -0.25) is 0 Å². The average Bonchev–Trinajstić information content (AvgIpc) is 2.62. The molecule has 0 aliphatic carbocycles. The molecule has 1 aromatic rings. The van der Waals surface area contributed by atoms with Crippen molar-refractivity contribution < 1.29 is 24.0 Å². The van der Waals surface area contributed by atoms with E-state index in [1.165, 1.54) is 31.5 Å². The lowest BCUT2D eigenvalue weighted by atomic mass is 10.0. The second kappa shape index (κ2) is 8.39. The van der Waals surface area contributed by atoms with Crippen molar-refractivity contribution in [2.45, 2.75) is 51.5 Å². The summed E-state index contributed by atoms with van der Waals surface area (Å²) in [5.41, 5.74) is 1.28. The fourth-order valence-electron chi connectivity index (χ4n) is 4.53. The molecule has 2 aliphatic rings. The summed E-state index contributed by atoms with van der Waals surface area (Å²) in [5.74, 6) is 1.80. The summed E-state index contributed by atoms with van der Waals surface area (Å²) in [4.78, 5) is 3.42. The van der Waals surface area contributed by atoms with Crippen LogP contribution in [0, 0.1) is 0 Å². The number of hydrogen-bond acceptors (Lipinski definition) is 3. The zero-order valence-corrected chi connectivity index (χ0v) is 16.1. The maximum absolute atomic E-state index is 5.90. The topological polar surface area (TPSA) is 36.6 Å². The van der Waals surface area contributed by atoms with Crippen molar-refractivity contribution >= 4 is 0 Å². The first kappa shape index (κ1) is 18.5. The number of piperidine rings is 1. The molecule has 5 heteroatoms. The molecule has 0 bridgehead atoms. The van der Waals surface area contributed by atoms with Crippen molar-refractivity contribution in [2.75, 3.05) is 40.4 Å². The number of benzene rings is 1. The number of morpholine rings is 1. The molecule has 3 rings (SSSR count). The summed E-state index contributed by atoms with van der Waals surface area (Å²) >= 11 is 0. The van der Waals surface area contributed by atoms with E-state index < -0.39 is 0 Å². The first-order valence-electron chi connectivity index (χ1n) is 9.63. The molecule has 2 saturated heterocycles. The van der Waals surface area contributed by atoms with Gasteiger partial charge in [0.25, 0.3) is 0 Å². The molecule has 2 heterocycles. The zero-order chi connectivity index (χ0) is 17.8. The summed E-state index contributed by atoms with van der Waals surface area (Å²) < 4.78 is 16.8. The molecule has 0 spiro atoms. The minimum absolute atomic E-state index is 0.396. The van der Waals surface area contributed by atoms with E-state index in [0.717, 1.165) is 37.2 Å². The van der Waals surface area contributed by atoms with Crippen LogP contribution in [0.4, 0.5) is 0 Å². The molecule has 0 radical (unpaired) electrons. The number of rotatable bonds is 5. The van der Waals surface area contributed by atoms with Gasteiger partial charge in [0, 0.05) is 24.5 Å². The lowest BCUT2D eigenvalue weighted by Gasteiger charge is -2.39. The molecule has 1 aromatic carbocycles. The van der Waals surface area contributed by atoms with Crippen LogP contribution in [-0.4, -0.2) is 58.6 Å². The smallest absolute Gasteiger partial charge is 0.131 e. The molecule has 2 aliphatic heterocycles. The van der Waals surface area contributed by atoms with E-state index in [2.05, 4.69) is 19.9 Å². The Morgan fingerprint density at radius 2 is 1.72 bits per heavy atom. The monoisotopic (exact) mass is 350 g/mol. The van der Waals surface area contributed by atoms with Gasteiger partial charge in [-0.05, 0) is 26.0 Å². The number of nitrogens with one attached hydrogen (secondary N) is 2. The highest BCUT2D eigenvalue weighted by molar-refractivity contribution is 5.40. The Kier molecular flexibility index (Phi) is 6.20. The van der Waals surface area contributed by atoms with E-state index in [9.17, 15) is 0 Å². The van der Waals surface area contributed by atoms with Crippen LogP contribution in [0.1, 0.15) is 32.3 Å². The third kappa shape index (κ3) is 4.66. The minimum Gasteiger partial charge on any atom is -0.497 e. The standard InChI is InChI=1S/C20H32N2O3/c1-15-12-22(13-16(2)25-15)18-7-9-21(10-8-18)14-17-5-6-19(23-3)11-20(17)24-4/h5-6,11,15-16,18H,7-10,12-14H2,1-4H3/p+2/t15-,16+. The number of likely N-dealkylation sites (tertiary alicyclic amines) is 1. The van der Waals surface area contributed by atoms with Gasteiger partial charge in [0.15, 0.2) is 0 Å². The molecule has 1 unspecified atom stereocenters. The molecule has 140 valence electrons. The molecule has 2 N–H and O–H groups in total. The lowest BCUT2D eigenvalue weighted by molar-refractivity contribution is -0.970. The Morgan fingerprint density at radius 1 is 1.04 bits per heavy atom. The SMILES string of the molecule is COc1ccc(C[NH+]2CCC([NH+]3C[C@@H](C)O[C@@H](C)C3)CC2)c(OC)c1. The van der Waals surface area contributed by atoms with E-state index in [-0.39, 0.29) is 0 Å². The van der Waals surface area contributed by atoms with Gasteiger partial charge < -0.3 is 24.0 Å². The van der Waals surface area contributed by atoms with E-state index >= 15 is 0 Å². The Balaban J connectivity index is 1.54. The maximum Gasteiger partial charge on any atom is 0.131 e. The van der Waals surface area contributed by atoms with Crippen LogP contribution in [0.3, 0.4) is 0 Å². The van der Waals surface area contributed by atoms with Gasteiger partial charge in [-0.1, -0.05) is 0 Å². The molecule has 0 aromatic heterocycles. The molecular formula is C20H34N2O3+2. The van der Waals surface area contributed by atoms with Gasteiger partial charge in [0.05, 0.1) is 33.4 Å². The summed E-state index contributed by atoms with van der Waals surface area (Å²) in [5, 5.41) is 0. The van der Waals surface area contributed by atoms with Crippen LogP contribution in [0.25, 0.3) is 0 Å². The third-order valence-corrected chi connectivity index (χ3v) is 5.77. The van der Waals surface area contributed by atoms with Crippen LogP contribution >= 0.6 is 0 Å². The van der Waals surface area contributed by atoms with Gasteiger partial charge >= 0.3 is 0 Å². The van der Waals surface area contributed by atoms with Crippen molar-refractivity contribution in [3.8, 4) is 11.5 Å². The highest BCUT2D eigenvalue weighted by Crippen LogP contribution is 2.24. The zero-order valence-electron chi connectivity index (χ0n) is 16.1. The lowest BCUT2D eigenvalue weighted by Crippen LogP contribution is -3.22.